The van der Waals surface area contributed by atoms with E-state index in [9.17, 15) is 4.39 Å². The first-order valence-corrected chi connectivity index (χ1v) is 6.08. The third-order valence-corrected chi connectivity index (χ3v) is 3.51. The van der Waals surface area contributed by atoms with Gasteiger partial charge in [-0.1, -0.05) is 17.7 Å². The highest BCUT2D eigenvalue weighted by Gasteiger charge is 2.19. The van der Waals surface area contributed by atoms with Crippen LogP contribution in [0.25, 0.3) is 0 Å². The lowest BCUT2D eigenvalue weighted by Crippen LogP contribution is -2.14. The normalized spacial score (nSPS) is 13.8. The molecule has 3 rings (SSSR count). The summed E-state index contributed by atoms with van der Waals surface area (Å²) in [6, 6.07) is 10.7. The first-order valence-electron chi connectivity index (χ1n) is 5.71. The summed E-state index contributed by atoms with van der Waals surface area (Å²) >= 11 is 5.81. The lowest BCUT2D eigenvalue weighted by molar-refractivity contribution is 0.628. The molecule has 2 N–H and O–H groups in total. The van der Waals surface area contributed by atoms with Crippen molar-refractivity contribution >= 4 is 23.0 Å². The van der Waals surface area contributed by atoms with Crippen molar-refractivity contribution in [3.8, 4) is 0 Å². The van der Waals surface area contributed by atoms with Gasteiger partial charge in [-0.3, -0.25) is 0 Å². The highest BCUT2D eigenvalue weighted by Crippen LogP contribution is 2.31. The molecule has 0 aromatic heterocycles. The number of hydrogen-bond acceptors (Lipinski definition) is 2. The quantitative estimate of drug-likeness (QED) is 0.796. The van der Waals surface area contributed by atoms with E-state index in [0.717, 1.165) is 24.5 Å². The molecule has 2 aromatic rings. The van der Waals surface area contributed by atoms with Crippen molar-refractivity contribution in [3.63, 3.8) is 0 Å². The predicted molar refractivity (Wildman–Crippen MR) is 72.2 cm³/mol. The van der Waals surface area contributed by atoms with E-state index in [1.807, 2.05) is 18.2 Å². The molecule has 2 aromatic carbocycles. The van der Waals surface area contributed by atoms with Gasteiger partial charge in [0.25, 0.3) is 0 Å². The fourth-order valence-electron chi connectivity index (χ4n) is 2.28. The topological polar surface area (TPSA) is 29.3 Å². The van der Waals surface area contributed by atoms with Gasteiger partial charge in [0.2, 0.25) is 0 Å². The van der Waals surface area contributed by atoms with Gasteiger partial charge in [0.05, 0.1) is 5.02 Å². The minimum absolute atomic E-state index is 0.156. The molecule has 1 heterocycles. The minimum Gasteiger partial charge on any atom is -0.399 e. The zero-order valence-electron chi connectivity index (χ0n) is 9.66. The second-order valence-electron chi connectivity index (χ2n) is 4.48. The molecule has 0 saturated carbocycles. The van der Waals surface area contributed by atoms with Crippen LogP contribution >= 0.6 is 11.6 Å². The number of benzene rings is 2. The molecule has 18 heavy (non-hydrogen) atoms. The zero-order valence-corrected chi connectivity index (χ0v) is 10.4. The molecule has 0 spiro atoms. The molecule has 0 amide bonds. The molecule has 2 nitrogen and oxygen atoms in total. The summed E-state index contributed by atoms with van der Waals surface area (Å²) < 4.78 is 13.1. The van der Waals surface area contributed by atoms with Gasteiger partial charge in [0.1, 0.15) is 5.82 Å². The molecule has 0 radical (unpaired) electrons. The van der Waals surface area contributed by atoms with Crippen molar-refractivity contribution < 1.29 is 4.39 Å². The standard InChI is InChI=1S/C14H12ClFN2/c15-13-6-12(3-4-14(13)16)18-7-9-1-2-11(17)5-10(9)8-18/h1-6H,7-8,17H2. The average molecular weight is 263 g/mol. The van der Waals surface area contributed by atoms with Gasteiger partial charge >= 0.3 is 0 Å². The number of halogens is 2. The van der Waals surface area contributed by atoms with Gasteiger partial charge in [-0.05, 0) is 41.5 Å². The third-order valence-electron chi connectivity index (χ3n) is 3.22. The Balaban J connectivity index is 1.91. The Morgan fingerprint density at radius 1 is 1.06 bits per heavy atom. The van der Waals surface area contributed by atoms with Crippen molar-refractivity contribution in [1.82, 2.24) is 0 Å². The van der Waals surface area contributed by atoms with Crippen LogP contribution in [0, 0.1) is 5.82 Å². The molecule has 92 valence electrons. The Morgan fingerprint density at radius 3 is 2.61 bits per heavy atom. The first kappa shape index (κ1) is 11.4. The Labute approximate surface area is 110 Å². The summed E-state index contributed by atoms with van der Waals surface area (Å²) in [6.07, 6.45) is 0. The van der Waals surface area contributed by atoms with Crippen molar-refractivity contribution in [2.24, 2.45) is 0 Å². The average Bonchev–Trinajstić information content (AvgIpc) is 2.75. The van der Waals surface area contributed by atoms with Gasteiger partial charge in [0.15, 0.2) is 0 Å². The van der Waals surface area contributed by atoms with Crippen LogP contribution in [-0.4, -0.2) is 0 Å². The summed E-state index contributed by atoms with van der Waals surface area (Å²) in [5.74, 6) is -0.388. The van der Waals surface area contributed by atoms with Crippen molar-refractivity contribution in [2.45, 2.75) is 13.1 Å². The second kappa shape index (κ2) is 4.18. The fourth-order valence-corrected chi connectivity index (χ4v) is 2.45. The van der Waals surface area contributed by atoms with Crippen molar-refractivity contribution in [2.75, 3.05) is 10.6 Å². The van der Waals surface area contributed by atoms with Crippen LogP contribution in [0.3, 0.4) is 0 Å². The Bertz CT molecular complexity index is 613. The predicted octanol–water partition coefficient (Wildman–Crippen LogP) is 3.58. The minimum atomic E-state index is -0.388. The third kappa shape index (κ3) is 1.91. The Hall–Kier alpha value is -1.74. The summed E-state index contributed by atoms with van der Waals surface area (Å²) in [6.45, 7) is 1.58. The van der Waals surface area contributed by atoms with E-state index in [1.54, 1.807) is 12.1 Å². The molecule has 1 aliphatic rings. The number of nitrogens with two attached hydrogens (primary N) is 1. The maximum Gasteiger partial charge on any atom is 0.141 e. The van der Waals surface area contributed by atoms with Crippen LogP contribution in [0.4, 0.5) is 15.8 Å². The van der Waals surface area contributed by atoms with E-state index < -0.39 is 0 Å². The van der Waals surface area contributed by atoms with Crippen LogP contribution in [-0.2, 0) is 13.1 Å². The summed E-state index contributed by atoms with van der Waals surface area (Å²) in [7, 11) is 0. The van der Waals surface area contributed by atoms with Gasteiger partial charge in [0, 0.05) is 24.5 Å². The van der Waals surface area contributed by atoms with Crippen LogP contribution in [0.2, 0.25) is 5.02 Å². The molecule has 0 aliphatic carbocycles. The zero-order chi connectivity index (χ0) is 12.7. The smallest absolute Gasteiger partial charge is 0.141 e. The van der Waals surface area contributed by atoms with E-state index >= 15 is 0 Å². The number of anilines is 2. The van der Waals surface area contributed by atoms with Crippen LogP contribution in [0.1, 0.15) is 11.1 Å². The molecular weight excluding hydrogens is 251 g/mol. The van der Waals surface area contributed by atoms with Crippen LogP contribution in [0.15, 0.2) is 36.4 Å². The lowest BCUT2D eigenvalue weighted by Gasteiger charge is -2.17. The number of nitrogens with zero attached hydrogens (tertiary/aromatic N) is 1. The van der Waals surface area contributed by atoms with Crippen molar-refractivity contribution in [3.05, 3.63) is 58.4 Å². The number of nitrogen functional groups attached to an aromatic ring is 1. The van der Waals surface area contributed by atoms with Crippen molar-refractivity contribution in [1.29, 1.82) is 0 Å². The van der Waals surface area contributed by atoms with E-state index in [2.05, 4.69) is 4.90 Å². The molecule has 1 aliphatic heterocycles. The maximum absolute atomic E-state index is 13.1. The fraction of sp³-hybridized carbons (Fsp3) is 0.143. The monoisotopic (exact) mass is 262 g/mol. The Morgan fingerprint density at radius 2 is 1.83 bits per heavy atom. The van der Waals surface area contributed by atoms with Gasteiger partial charge in [-0.15, -0.1) is 0 Å². The number of rotatable bonds is 1. The molecule has 0 bridgehead atoms. The highest BCUT2D eigenvalue weighted by molar-refractivity contribution is 6.31. The van der Waals surface area contributed by atoms with E-state index in [0.29, 0.717) is 0 Å². The number of fused-ring (bicyclic) bond motifs is 1. The molecule has 0 fully saturated rings. The second-order valence-corrected chi connectivity index (χ2v) is 4.89. The van der Waals surface area contributed by atoms with Gasteiger partial charge < -0.3 is 10.6 Å². The lowest BCUT2D eigenvalue weighted by atomic mass is 10.1. The largest absolute Gasteiger partial charge is 0.399 e. The van der Waals surface area contributed by atoms with E-state index in [1.165, 1.54) is 17.2 Å². The summed E-state index contributed by atoms with van der Waals surface area (Å²) in [4.78, 5) is 2.15. The first-order chi connectivity index (χ1) is 8.63. The van der Waals surface area contributed by atoms with Gasteiger partial charge in [-0.25, -0.2) is 4.39 Å². The molecular formula is C14H12ClFN2. The van der Waals surface area contributed by atoms with Crippen LogP contribution in [0.5, 0.6) is 0 Å². The van der Waals surface area contributed by atoms with Crippen LogP contribution < -0.4 is 10.6 Å². The molecule has 0 atom stereocenters. The molecule has 0 unspecified atom stereocenters. The Kier molecular flexibility index (Phi) is 2.63. The van der Waals surface area contributed by atoms with Gasteiger partial charge in [-0.2, -0.15) is 0 Å². The van der Waals surface area contributed by atoms with E-state index in [-0.39, 0.29) is 10.8 Å². The summed E-state index contributed by atoms with van der Waals surface area (Å²) in [5, 5.41) is 0.156. The number of hydrogen-bond donors (Lipinski definition) is 1. The maximum atomic E-state index is 13.1. The van der Waals surface area contributed by atoms with E-state index in [4.69, 9.17) is 17.3 Å². The summed E-state index contributed by atoms with van der Waals surface area (Å²) in [5.41, 5.74) is 9.94. The molecule has 4 heteroatoms. The highest BCUT2D eigenvalue weighted by atomic mass is 35.5. The molecule has 0 saturated heterocycles. The SMILES string of the molecule is Nc1ccc2c(c1)CN(c1ccc(F)c(Cl)c1)C2.